The van der Waals surface area contributed by atoms with E-state index in [9.17, 15) is 23.1 Å². The van der Waals surface area contributed by atoms with Crippen molar-refractivity contribution in [3.8, 4) is 0 Å². The Balaban J connectivity index is 2.36. The summed E-state index contributed by atoms with van der Waals surface area (Å²) in [5.41, 5.74) is -0.161. The number of hydrogen-bond acceptors (Lipinski definition) is 2. The summed E-state index contributed by atoms with van der Waals surface area (Å²) in [5, 5.41) is 14.4. The number of carbonyl (C=O) groups is 1. The summed E-state index contributed by atoms with van der Waals surface area (Å²) >= 11 is 0. The molecule has 1 aromatic rings. The Kier molecular flexibility index (Phi) is 6.48. The lowest BCUT2D eigenvalue weighted by atomic mass is 10.1. The number of rotatable bonds is 6. The Labute approximate surface area is 121 Å². The molecule has 1 rings (SSSR count). The molecular formula is C14H19F3N2O2. The monoisotopic (exact) mass is 304 g/mol. The van der Waals surface area contributed by atoms with Crippen LogP contribution >= 0.6 is 0 Å². The largest absolute Gasteiger partial charge is 0.416 e. The second-order valence-electron chi connectivity index (χ2n) is 4.70. The van der Waals surface area contributed by atoms with Gasteiger partial charge in [0.25, 0.3) is 0 Å². The lowest BCUT2D eigenvalue weighted by molar-refractivity contribution is -0.137. The molecule has 0 saturated carbocycles. The third kappa shape index (κ3) is 6.48. The lowest BCUT2D eigenvalue weighted by Gasteiger charge is -2.12. The van der Waals surface area contributed by atoms with Crippen molar-refractivity contribution in [3.05, 3.63) is 35.4 Å². The molecule has 0 fully saturated rings. The van der Waals surface area contributed by atoms with Crippen molar-refractivity contribution in [2.24, 2.45) is 0 Å². The maximum absolute atomic E-state index is 12.4. The fourth-order valence-corrected chi connectivity index (χ4v) is 1.70. The van der Waals surface area contributed by atoms with Crippen molar-refractivity contribution in [2.75, 3.05) is 6.54 Å². The Bertz CT molecular complexity index is 447. The molecule has 0 spiro atoms. The number of hydrogen-bond donors (Lipinski definition) is 3. The number of nitrogens with one attached hydrogen (secondary N) is 2. The second kappa shape index (κ2) is 7.87. The number of halogens is 3. The standard InChI is InChI=1S/C14H19F3N2O2/c1-2-3-12(20)9-19-13(21)18-8-10-4-6-11(7-5-10)14(15,16)17/h4-7,12,20H,2-3,8-9H2,1H3,(H2,18,19,21). The van der Waals surface area contributed by atoms with Crippen LogP contribution in [-0.4, -0.2) is 23.8 Å². The van der Waals surface area contributed by atoms with Crippen LogP contribution in [0.5, 0.6) is 0 Å². The normalized spacial score (nSPS) is 12.8. The van der Waals surface area contributed by atoms with E-state index in [1.807, 2.05) is 6.92 Å². The molecule has 1 unspecified atom stereocenters. The smallest absolute Gasteiger partial charge is 0.391 e. The Morgan fingerprint density at radius 3 is 2.38 bits per heavy atom. The van der Waals surface area contributed by atoms with Crippen molar-refractivity contribution < 1.29 is 23.1 Å². The van der Waals surface area contributed by atoms with E-state index in [0.29, 0.717) is 12.0 Å². The fourth-order valence-electron chi connectivity index (χ4n) is 1.70. The molecule has 0 saturated heterocycles. The zero-order chi connectivity index (χ0) is 15.9. The SMILES string of the molecule is CCCC(O)CNC(=O)NCc1ccc(C(F)(F)F)cc1. The minimum atomic E-state index is -4.36. The average Bonchev–Trinajstić information content (AvgIpc) is 2.43. The van der Waals surface area contributed by atoms with Crippen molar-refractivity contribution in [3.63, 3.8) is 0 Å². The summed E-state index contributed by atoms with van der Waals surface area (Å²) < 4.78 is 37.1. The van der Waals surface area contributed by atoms with Gasteiger partial charge < -0.3 is 15.7 Å². The molecule has 7 heteroatoms. The highest BCUT2D eigenvalue weighted by Gasteiger charge is 2.29. The predicted molar refractivity (Wildman–Crippen MR) is 72.6 cm³/mol. The van der Waals surface area contributed by atoms with Crippen LogP contribution in [-0.2, 0) is 12.7 Å². The molecule has 1 aromatic carbocycles. The molecule has 0 bridgehead atoms. The highest BCUT2D eigenvalue weighted by Crippen LogP contribution is 2.28. The van der Waals surface area contributed by atoms with Gasteiger partial charge in [0.1, 0.15) is 0 Å². The van der Waals surface area contributed by atoms with Crippen LogP contribution in [0.4, 0.5) is 18.0 Å². The van der Waals surface area contributed by atoms with E-state index >= 15 is 0 Å². The van der Waals surface area contributed by atoms with Crippen LogP contribution in [0, 0.1) is 0 Å². The van der Waals surface area contributed by atoms with E-state index in [0.717, 1.165) is 18.6 Å². The van der Waals surface area contributed by atoms with E-state index < -0.39 is 23.9 Å². The number of urea groups is 1. The minimum absolute atomic E-state index is 0.119. The predicted octanol–water partition coefficient (Wildman–Crippen LogP) is 2.67. The van der Waals surface area contributed by atoms with Gasteiger partial charge in [-0.05, 0) is 24.1 Å². The Morgan fingerprint density at radius 2 is 1.86 bits per heavy atom. The van der Waals surface area contributed by atoms with Crippen LogP contribution in [0.1, 0.15) is 30.9 Å². The maximum Gasteiger partial charge on any atom is 0.416 e. The molecule has 0 heterocycles. The van der Waals surface area contributed by atoms with Crippen LogP contribution in [0.3, 0.4) is 0 Å². The van der Waals surface area contributed by atoms with Crippen LogP contribution in [0.15, 0.2) is 24.3 Å². The zero-order valence-electron chi connectivity index (χ0n) is 11.7. The highest BCUT2D eigenvalue weighted by molar-refractivity contribution is 5.73. The van der Waals surface area contributed by atoms with Gasteiger partial charge in [-0.3, -0.25) is 0 Å². The van der Waals surface area contributed by atoms with Gasteiger partial charge in [0.2, 0.25) is 0 Å². The van der Waals surface area contributed by atoms with Crippen molar-refractivity contribution in [1.29, 1.82) is 0 Å². The van der Waals surface area contributed by atoms with E-state index in [2.05, 4.69) is 10.6 Å². The van der Waals surface area contributed by atoms with Crippen molar-refractivity contribution in [2.45, 2.75) is 38.6 Å². The first-order valence-electron chi connectivity index (χ1n) is 6.68. The third-order valence-corrected chi connectivity index (χ3v) is 2.85. The molecule has 0 aromatic heterocycles. The lowest BCUT2D eigenvalue weighted by Crippen LogP contribution is -2.39. The van der Waals surface area contributed by atoms with Gasteiger partial charge in [0.15, 0.2) is 0 Å². The van der Waals surface area contributed by atoms with Crippen molar-refractivity contribution in [1.82, 2.24) is 10.6 Å². The molecule has 3 N–H and O–H groups in total. The summed E-state index contributed by atoms with van der Waals surface area (Å²) in [5.74, 6) is 0. The van der Waals surface area contributed by atoms with Gasteiger partial charge in [0, 0.05) is 13.1 Å². The van der Waals surface area contributed by atoms with E-state index in [1.54, 1.807) is 0 Å². The molecule has 0 aliphatic rings. The van der Waals surface area contributed by atoms with Gasteiger partial charge >= 0.3 is 12.2 Å². The number of carbonyl (C=O) groups excluding carboxylic acids is 1. The zero-order valence-corrected chi connectivity index (χ0v) is 11.7. The van der Waals surface area contributed by atoms with E-state index in [4.69, 9.17) is 0 Å². The van der Waals surface area contributed by atoms with E-state index in [1.165, 1.54) is 12.1 Å². The van der Waals surface area contributed by atoms with Crippen LogP contribution in [0.25, 0.3) is 0 Å². The fraction of sp³-hybridized carbons (Fsp3) is 0.500. The third-order valence-electron chi connectivity index (χ3n) is 2.85. The quantitative estimate of drug-likeness (QED) is 0.756. The Hall–Kier alpha value is -1.76. The second-order valence-corrected chi connectivity index (χ2v) is 4.70. The highest BCUT2D eigenvalue weighted by atomic mass is 19.4. The number of amides is 2. The minimum Gasteiger partial charge on any atom is -0.391 e. The summed E-state index contributed by atoms with van der Waals surface area (Å²) in [4.78, 5) is 11.4. The molecule has 118 valence electrons. The van der Waals surface area contributed by atoms with Gasteiger partial charge in [0.05, 0.1) is 11.7 Å². The first-order chi connectivity index (χ1) is 9.82. The van der Waals surface area contributed by atoms with Gasteiger partial charge in [-0.2, -0.15) is 13.2 Å². The summed E-state index contributed by atoms with van der Waals surface area (Å²) in [7, 11) is 0. The van der Waals surface area contributed by atoms with Crippen molar-refractivity contribution >= 4 is 6.03 Å². The molecule has 1 atom stereocenters. The van der Waals surface area contributed by atoms with Gasteiger partial charge in [-0.15, -0.1) is 0 Å². The number of aliphatic hydroxyl groups is 1. The molecule has 0 radical (unpaired) electrons. The van der Waals surface area contributed by atoms with E-state index in [-0.39, 0.29) is 13.1 Å². The maximum atomic E-state index is 12.4. The van der Waals surface area contributed by atoms with Gasteiger partial charge in [-0.25, -0.2) is 4.79 Å². The molecule has 2 amide bonds. The molecule has 0 aliphatic carbocycles. The van der Waals surface area contributed by atoms with Gasteiger partial charge in [-0.1, -0.05) is 25.5 Å². The molecule has 4 nitrogen and oxygen atoms in total. The summed E-state index contributed by atoms with van der Waals surface area (Å²) in [6.45, 7) is 2.19. The number of benzene rings is 1. The average molecular weight is 304 g/mol. The molecule has 0 aliphatic heterocycles. The molecule has 21 heavy (non-hydrogen) atoms. The molecular weight excluding hydrogens is 285 g/mol. The van der Waals surface area contributed by atoms with Crippen LogP contribution < -0.4 is 10.6 Å². The van der Waals surface area contributed by atoms with Crippen LogP contribution in [0.2, 0.25) is 0 Å². The topological polar surface area (TPSA) is 61.4 Å². The number of aliphatic hydroxyl groups excluding tert-OH is 1. The summed E-state index contributed by atoms with van der Waals surface area (Å²) in [6.07, 6.45) is -3.54. The first kappa shape index (κ1) is 17.3. The summed E-state index contributed by atoms with van der Waals surface area (Å²) in [6, 6.07) is 4.11. The first-order valence-corrected chi connectivity index (χ1v) is 6.68. The number of alkyl halides is 3. The Morgan fingerprint density at radius 1 is 1.24 bits per heavy atom.